The molecule has 0 radical (unpaired) electrons. The number of anilines is 1. The molecule has 0 aliphatic rings. The number of aromatic nitrogens is 3. The summed E-state index contributed by atoms with van der Waals surface area (Å²) in [5.74, 6) is 0.0627. The second kappa shape index (κ2) is 6.98. The molecule has 8 heteroatoms. The number of halogens is 1. The molecule has 7 nitrogen and oxygen atoms in total. The fourth-order valence-electron chi connectivity index (χ4n) is 2.65. The number of carbonyl (C=O) groups excluding carboxylic acids is 1. The minimum absolute atomic E-state index is 0.322. The van der Waals surface area contributed by atoms with Crippen molar-refractivity contribution in [2.24, 2.45) is 5.73 Å². The fourth-order valence-corrected chi connectivity index (χ4v) is 2.93. The zero-order chi connectivity index (χ0) is 18.0. The molecule has 25 heavy (non-hydrogen) atoms. The number of methoxy groups -OCH3 is 1. The molecule has 3 rings (SSSR count). The van der Waals surface area contributed by atoms with E-state index < -0.39 is 5.91 Å². The molecule has 0 fully saturated rings. The van der Waals surface area contributed by atoms with E-state index >= 15 is 0 Å². The molecular weight excluding hydrogens is 342 g/mol. The van der Waals surface area contributed by atoms with Crippen LogP contribution in [-0.2, 0) is 13.1 Å². The van der Waals surface area contributed by atoms with Crippen LogP contribution in [0.5, 0.6) is 5.75 Å². The summed E-state index contributed by atoms with van der Waals surface area (Å²) in [5, 5.41) is 8.83. The Morgan fingerprint density at radius 3 is 2.84 bits per heavy atom. The number of benzene rings is 1. The normalized spacial score (nSPS) is 10.8. The van der Waals surface area contributed by atoms with E-state index in [-0.39, 0.29) is 0 Å². The molecule has 0 aliphatic carbocycles. The van der Waals surface area contributed by atoms with Crippen molar-refractivity contribution in [3.63, 3.8) is 0 Å². The smallest absolute Gasteiger partial charge is 0.252 e. The van der Waals surface area contributed by atoms with Crippen LogP contribution in [0.3, 0.4) is 0 Å². The predicted molar refractivity (Wildman–Crippen MR) is 97.1 cm³/mol. The first-order valence-electron chi connectivity index (χ1n) is 7.75. The zero-order valence-corrected chi connectivity index (χ0v) is 14.7. The number of nitrogens with one attached hydrogen (secondary N) is 1. The summed E-state index contributed by atoms with van der Waals surface area (Å²) in [6.45, 7) is 3.11. The van der Waals surface area contributed by atoms with Gasteiger partial charge in [-0.2, -0.15) is 5.10 Å². The van der Waals surface area contributed by atoms with Crippen molar-refractivity contribution in [1.29, 1.82) is 0 Å². The van der Waals surface area contributed by atoms with Gasteiger partial charge in [-0.1, -0.05) is 17.7 Å². The molecular formula is C17H18ClN5O2. The van der Waals surface area contributed by atoms with Gasteiger partial charge in [0, 0.05) is 19.3 Å². The van der Waals surface area contributed by atoms with Crippen LogP contribution in [0.25, 0.3) is 11.0 Å². The highest BCUT2D eigenvalue weighted by Gasteiger charge is 2.16. The van der Waals surface area contributed by atoms with E-state index in [1.807, 2.05) is 19.1 Å². The average molecular weight is 360 g/mol. The Bertz CT molecular complexity index is 938. The van der Waals surface area contributed by atoms with E-state index in [1.165, 1.54) is 6.20 Å². The first-order chi connectivity index (χ1) is 12.0. The van der Waals surface area contributed by atoms with Gasteiger partial charge in [0.25, 0.3) is 5.91 Å². The Balaban J connectivity index is 1.96. The van der Waals surface area contributed by atoms with Crippen molar-refractivity contribution >= 4 is 34.2 Å². The zero-order valence-electron chi connectivity index (χ0n) is 13.9. The van der Waals surface area contributed by atoms with Crippen molar-refractivity contribution in [2.45, 2.75) is 20.0 Å². The first-order valence-corrected chi connectivity index (χ1v) is 8.13. The lowest BCUT2D eigenvalue weighted by molar-refractivity contribution is 0.100. The number of primary amides is 1. The van der Waals surface area contributed by atoms with Gasteiger partial charge in [0.1, 0.15) is 5.75 Å². The number of rotatable bonds is 6. The summed E-state index contributed by atoms with van der Waals surface area (Å²) in [5.41, 5.74) is 8.06. The van der Waals surface area contributed by atoms with Crippen LogP contribution in [-0.4, -0.2) is 27.8 Å². The van der Waals surface area contributed by atoms with Gasteiger partial charge in [0.2, 0.25) is 0 Å². The van der Waals surface area contributed by atoms with Crippen molar-refractivity contribution in [1.82, 2.24) is 14.8 Å². The molecule has 0 spiro atoms. The lowest BCUT2D eigenvalue weighted by Crippen LogP contribution is -2.15. The number of fused-ring (bicyclic) bond motifs is 1. The van der Waals surface area contributed by atoms with Crippen molar-refractivity contribution in [3.8, 4) is 5.75 Å². The average Bonchev–Trinajstić information content (AvgIpc) is 3.02. The van der Waals surface area contributed by atoms with Crippen LogP contribution < -0.4 is 15.8 Å². The SMILES string of the molecule is CCn1ncc2c(NCc3ccc(OC)c(Cl)c3)c(C(N)=O)cnc21. The van der Waals surface area contributed by atoms with Crippen molar-refractivity contribution in [3.05, 3.63) is 46.7 Å². The highest BCUT2D eigenvalue weighted by Crippen LogP contribution is 2.28. The molecule has 0 bridgehead atoms. The number of hydrogen-bond donors (Lipinski definition) is 2. The third-order valence-corrected chi connectivity index (χ3v) is 4.21. The molecule has 3 N–H and O–H groups in total. The summed E-state index contributed by atoms with van der Waals surface area (Å²) >= 11 is 6.16. The molecule has 0 aliphatic heterocycles. The number of ether oxygens (including phenoxy) is 1. The summed E-state index contributed by atoms with van der Waals surface area (Å²) < 4.78 is 6.91. The van der Waals surface area contributed by atoms with E-state index in [0.29, 0.717) is 40.8 Å². The van der Waals surface area contributed by atoms with Crippen molar-refractivity contribution < 1.29 is 9.53 Å². The molecule has 3 aromatic rings. The number of nitrogens with two attached hydrogens (primary N) is 1. The maximum Gasteiger partial charge on any atom is 0.252 e. The van der Waals surface area contributed by atoms with Crippen LogP contribution in [0.2, 0.25) is 5.02 Å². The number of nitrogens with zero attached hydrogens (tertiary/aromatic N) is 3. The molecule has 2 heterocycles. The van der Waals surface area contributed by atoms with Crippen LogP contribution in [0.1, 0.15) is 22.8 Å². The lowest BCUT2D eigenvalue weighted by Gasteiger charge is -2.12. The highest BCUT2D eigenvalue weighted by molar-refractivity contribution is 6.32. The van der Waals surface area contributed by atoms with Crippen LogP contribution in [0, 0.1) is 0 Å². The monoisotopic (exact) mass is 359 g/mol. The Labute approximate surface area is 149 Å². The molecule has 1 aromatic carbocycles. The van der Waals surface area contributed by atoms with E-state index in [4.69, 9.17) is 22.1 Å². The molecule has 130 valence electrons. The van der Waals surface area contributed by atoms with Crippen molar-refractivity contribution in [2.75, 3.05) is 12.4 Å². The van der Waals surface area contributed by atoms with E-state index in [9.17, 15) is 4.79 Å². The minimum atomic E-state index is -0.547. The first kappa shape index (κ1) is 17.0. The maximum atomic E-state index is 11.8. The summed E-state index contributed by atoms with van der Waals surface area (Å²) in [7, 11) is 1.57. The Hall–Kier alpha value is -2.80. The van der Waals surface area contributed by atoms with Gasteiger partial charge in [-0.15, -0.1) is 0 Å². The van der Waals surface area contributed by atoms with Gasteiger partial charge in [0.05, 0.1) is 35.0 Å². The second-order valence-corrected chi connectivity index (χ2v) is 5.84. The van der Waals surface area contributed by atoms with Gasteiger partial charge in [-0.25, -0.2) is 9.67 Å². The summed E-state index contributed by atoms with van der Waals surface area (Å²) in [6, 6.07) is 5.51. The summed E-state index contributed by atoms with van der Waals surface area (Å²) in [4.78, 5) is 16.1. The standard InChI is InChI=1S/C17H18ClN5O2/c1-3-23-17-12(9-22-23)15(11(8-21-17)16(19)24)20-7-10-4-5-14(25-2)13(18)6-10/h4-6,8-9H,3,7H2,1-2H3,(H2,19,24)(H,20,21). The van der Waals surface area contributed by atoms with Gasteiger partial charge in [-0.05, 0) is 24.6 Å². The summed E-state index contributed by atoms with van der Waals surface area (Å²) in [6.07, 6.45) is 3.16. The molecule has 2 aromatic heterocycles. The number of aryl methyl sites for hydroxylation is 1. The van der Waals surface area contributed by atoms with Gasteiger partial charge >= 0.3 is 0 Å². The Morgan fingerprint density at radius 1 is 1.40 bits per heavy atom. The highest BCUT2D eigenvalue weighted by atomic mass is 35.5. The fraction of sp³-hybridized carbons (Fsp3) is 0.235. The van der Waals surface area contributed by atoms with Gasteiger partial charge in [-0.3, -0.25) is 4.79 Å². The van der Waals surface area contributed by atoms with E-state index in [2.05, 4.69) is 15.4 Å². The number of carbonyl (C=O) groups is 1. The Morgan fingerprint density at radius 2 is 2.20 bits per heavy atom. The predicted octanol–water partition coefficient (Wildman–Crippen LogP) is 2.82. The number of amides is 1. The largest absolute Gasteiger partial charge is 0.495 e. The van der Waals surface area contributed by atoms with Crippen LogP contribution >= 0.6 is 11.6 Å². The van der Waals surface area contributed by atoms with Gasteiger partial charge in [0.15, 0.2) is 5.65 Å². The number of hydrogen-bond acceptors (Lipinski definition) is 5. The number of pyridine rings is 1. The topological polar surface area (TPSA) is 95.1 Å². The lowest BCUT2D eigenvalue weighted by atomic mass is 10.1. The Kier molecular flexibility index (Phi) is 4.76. The van der Waals surface area contributed by atoms with E-state index in [0.717, 1.165) is 10.9 Å². The van der Waals surface area contributed by atoms with Gasteiger partial charge < -0.3 is 15.8 Å². The molecule has 0 unspecified atom stereocenters. The third kappa shape index (κ3) is 3.23. The van der Waals surface area contributed by atoms with Crippen LogP contribution in [0.15, 0.2) is 30.6 Å². The van der Waals surface area contributed by atoms with E-state index in [1.54, 1.807) is 24.1 Å². The second-order valence-electron chi connectivity index (χ2n) is 5.43. The molecule has 0 saturated heterocycles. The maximum absolute atomic E-state index is 11.8. The molecule has 1 amide bonds. The molecule has 0 atom stereocenters. The van der Waals surface area contributed by atoms with Crippen LogP contribution in [0.4, 0.5) is 5.69 Å². The third-order valence-electron chi connectivity index (χ3n) is 3.92. The minimum Gasteiger partial charge on any atom is -0.495 e. The molecule has 0 saturated carbocycles. The quantitative estimate of drug-likeness (QED) is 0.705.